The molecule has 0 amide bonds. The van der Waals surface area contributed by atoms with Crippen LogP contribution in [0.25, 0.3) is 0 Å². The van der Waals surface area contributed by atoms with Gasteiger partial charge in [-0.05, 0) is 31.4 Å². The lowest BCUT2D eigenvalue weighted by Gasteiger charge is -2.28. The maximum Gasteiger partial charge on any atom is 0.303 e. The van der Waals surface area contributed by atoms with Gasteiger partial charge in [0, 0.05) is 6.42 Å². The van der Waals surface area contributed by atoms with Crippen LogP contribution in [0.2, 0.25) is 0 Å². The van der Waals surface area contributed by atoms with Crippen LogP contribution in [-0.4, -0.2) is 30.3 Å². The third-order valence-electron chi connectivity index (χ3n) is 2.73. The highest BCUT2D eigenvalue weighted by Crippen LogP contribution is 2.27. The number of rotatable bonds is 4. The second kappa shape index (κ2) is 6.39. The lowest BCUT2D eigenvalue weighted by atomic mass is 10.00. The van der Waals surface area contributed by atoms with Crippen LogP contribution in [0.15, 0.2) is 35.1 Å². The molecule has 0 unspecified atom stereocenters. The lowest BCUT2D eigenvalue weighted by molar-refractivity contribution is -0.136. The molecule has 0 aromatic rings. The summed E-state index contributed by atoms with van der Waals surface area (Å²) in [7, 11) is -2.71. The summed E-state index contributed by atoms with van der Waals surface area (Å²) in [6.07, 6.45) is 5.81. The molecule has 0 aromatic carbocycles. The minimum Gasteiger partial charge on any atom is -0.481 e. The molecule has 5 nitrogen and oxygen atoms in total. The van der Waals surface area contributed by atoms with Crippen LogP contribution in [-0.2, 0) is 15.7 Å². The van der Waals surface area contributed by atoms with Gasteiger partial charge in [0.15, 0.2) is 0 Å². The standard InChI is InChI=1S/C12H17NO4S/c1-3-10-7-9(5-6-12(14)15)8-13(18(16)17)11(10)4-2/h3-4,7,18H,5-6,8H2,1-2H3,(H,14,15)/b10-3-,11-4+. The molecule has 0 saturated heterocycles. The highest BCUT2D eigenvalue weighted by molar-refractivity contribution is 7.70. The molecule has 1 N–H and O–H groups in total. The molecule has 1 heterocycles. The van der Waals surface area contributed by atoms with E-state index in [1.54, 1.807) is 13.0 Å². The third-order valence-corrected chi connectivity index (χ3v) is 3.48. The first-order valence-corrected chi connectivity index (χ1v) is 6.78. The molecule has 0 aliphatic carbocycles. The molecule has 18 heavy (non-hydrogen) atoms. The Bertz CT molecular complexity index is 492. The highest BCUT2D eigenvalue weighted by atomic mass is 32.2. The van der Waals surface area contributed by atoms with Crippen molar-refractivity contribution in [2.24, 2.45) is 0 Å². The van der Waals surface area contributed by atoms with Crippen LogP contribution in [0.3, 0.4) is 0 Å². The number of nitrogens with zero attached hydrogens (tertiary/aromatic N) is 1. The zero-order chi connectivity index (χ0) is 13.7. The molecular weight excluding hydrogens is 254 g/mol. The second-order valence-corrected chi connectivity index (χ2v) is 4.87. The van der Waals surface area contributed by atoms with E-state index in [2.05, 4.69) is 0 Å². The molecule has 0 fully saturated rings. The number of thiol groups is 1. The van der Waals surface area contributed by atoms with Crippen molar-refractivity contribution >= 4 is 16.9 Å². The number of allylic oxidation sites excluding steroid dienone is 3. The van der Waals surface area contributed by atoms with Gasteiger partial charge in [0.2, 0.25) is 10.9 Å². The summed E-state index contributed by atoms with van der Waals surface area (Å²) in [5, 5.41) is 8.65. The van der Waals surface area contributed by atoms with Gasteiger partial charge in [0.05, 0.1) is 12.2 Å². The van der Waals surface area contributed by atoms with Crippen LogP contribution < -0.4 is 0 Å². The van der Waals surface area contributed by atoms with E-state index in [9.17, 15) is 13.2 Å². The van der Waals surface area contributed by atoms with Crippen LogP contribution in [0.1, 0.15) is 26.7 Å². The van der Waals surface area contributed by atoms with Gasteiger partial charge < -0.3 is 5.11 Å². The number of aliphatic carboxylic acids is 1. The highest BCUT2D eigenvalue weighted by Gasteiger charge is 2.21. The maximum atomic E-state index is 11.2. The smallest absolute Gasteiger partial charge is 0.303 e. The largest absolute Gasteiger partial charge is 0.481 e. The molecule has 0 radical (unpaired) electrons. The fourth-order valence-corrected chi connectivity index (χ4v) is 2.58. The Morgan fingerprint density at radius 3 is 2.56 bits per heavy atom. The zero-order valence-electron chi connectivity index (χ0n) is 10.4. The van der Waals surface area contributed by atoms with Crippen LogP contribution in [0.5, 0.6) is 0 Å². The van der Waals surface area contributed by atoms with Crippen molar-refractivity contribution in [2.75, 3.05) is 6.54 Å². The van der Waals surface area contributed by atoms with E-state index in [1.165, 1.54) is 4.31 Å². The molecule has 1 aliphatic rings. The van der Waals surface area contributed by atoms with Crippen LogP contribution in [0.4, 0.5) is 0 Å². The fourth-order valence-electron chi connectivity index (χ4n) is 1.88. The van der Waals surface area contributed by atoms with Crippen LogP contribution >= 0.6 is 0 Å². The predicted molar refractivity (Wildman–Crippen MR) is 69.5 cm³/mol. The molecule has 1 rings (SSSR count). The first-order chi connectivity index (χ1) is 8.49. The van der Waals surface area contributed by atoms with Gasteiger partial charge in [0.25, 0.3) is 0 Å². The summed E-state index contributed by atoms with van der Waals surface area (Å²) in [6, 6.07) is 0. The maximum absolute atomic E-state index is 11.2. The van der Waals surface area contributed by atoms with Gasteiger partial charge in [-0.15, -0.1) is 0 Å². The summed E-state index contributed by atoms with van der Waals surface area (Å²) in [4.78, 5) is 10.5. The molecular formula is C12H17NO4S. The number of hydrogen-bond donors (Lipinski definition) is 2. The van der Waals surface area contributed by atoms with E-state index in [0.717, 1.165) is 11.1 Å². The van der Waals surface area contributed by atoms with Crippen molar-refractivity contribution in [2.45, 2.75) is 26.7 Å². The molecule has 0 bridgehead atoms. The van der Waals surface area contributed by atoms with Crippen molar-refractivity contribution in [3.05, 3.63) is 35.1 Å². The van der Waals surface area contributed by atoms with Gasteiger partial charge in [-0.1, -0.05) is 18.2 Å². The quantitative estimate of drug-likeness (QED) is 0.759. The van der Waals surface area contributed by atoms with Crippen molar-refractivity contribution in [3.8, 4) is 0 Å². The first-order valence-electron chi connectivity index (χ1n) is 5.65. The van der Waals surface area contributed by atoms with E-state index in [1.807, 2.05) is 19.1 Å². The lowest BCUT2D eigenvalue weighted by Crippen LogP contribution is -2.28. The monoisotopic (exact) mass is 271 g/mol. The number of hydrogen-bond acceptors (Lipinski definition) is 3. The number of carboxylic acids is 1. The fraction of sp³-hybridized carbons (Fsp3) is 0.417. The Morgan fingerprint density at radius 2 is 2.11 bits per heavy atom. The molecule has 100 valence electrons. The van der Waals surface area contributed by atoms with E-state index < -0.39 is 16.9 Å². The molecule has 0 saturated carbocycles. The van der Waals surface area contributed by atoms with Crippen LogP contribution in [0, 0.1) is 0 Å². The Kier molecular flexibility index (Phi) is 5.15. The van der Waals surface area contributed by atoms with E-state index in [4.69, 9.17) is 5.11 Å². The van der Waals surface area contributed by atoms with Crippen molar-refractivity contribution < 1.29 is 18.3 Å². The van der Waals surface area contributed by atoms with E-state index in [0.29, 0.717) is 12.1 Å². The van der Waals surface area contributed by atoms with Gasteiger partial charge in [0.1, 0.15) is 0 Å². The van der Waals surface area contributed by atoms with Gasteiger partial charge in [-0.3, -0.25) is 9.10 Å². The third kappa shape index (κ3) is 3.46. The van der Waals surface area contributed by atoms with Gasteiger partial charge in [-0.25, -0.2) is 8.42 Å². The minimum absolute atomic E-state index is 0.0114. The van der Waals surface area contributed by atoms with E-state index in [-0.39, 0.29) is 13.0 Å². The van der Waals surface area contributed by atoms with Crippen molar-refractivity contribution in [3.63, 3.8) is 0 Å². The summed E-state index contributed by atoms with van der Waals surface area (Å²) < 4.78 is 23.7. The Labute approximate surface area is 108 Å². The summed E-state index contributed by atoms with van der Waals surface area (Å²) in [6.45, 7) is 3.84. The zero-order valence-corrected chi connectivity index (χ0v) is 11.3. The number of carbonyl (C=O) groups is 1. The van der Waals surface area contributed by atoms with Crippen molar-refractivity contribution in [1.82, 2.24) is 4.31 Å². The number of carboxylic acid groups (broad SMARTS) is 1. The summed E-state index contributed by atoms with van der Waals surface area (Å²) in [5.74, 6) is -0.882. The van der Waals surface area contributed by atoms with Gasteiger partial charge >= 0.3 is 5.97 Å². The minimum atomic E-state index is -2.71. The summed E-state index contributed by atoms with van der Waals surface area (Å²) in [5.41, 5.74) is 2.27. The second-order valence-electron chi connectivity index (χ2n) is 3.91. The average molecular weight is 271 g/mol. The SMILES string of the molecule is C/C=C1/C=C(CCC(=O)O)CN([SH](=O)=O)/C1=C/C. The Morgan fingerprint density at radius 1 is 1.44 bits per heavy atom. The van der Waals surface area contributed by atoms with Crippen molar-refractivity contribution in [1.29, 1.82) is 0 Å². The normalized spacial score (nSPS) is 20.6. The molecule has 0 atom stereocenters. The summed E-state index contributed by atoms with van der Waals surface area (Å²) >= 11 is 0. The van der Waals surface area contributed by atoms with E-state index >= 15 is 0 Å². The molecule has 0 spiro atoms. The predicted octanol–water partition coefficient (Wildman–Crippen LogP) is 1.47. The average Bonchev–Trinajstić information content (AvgIpc) is 2.34. The Balaban J connectivity index is 3.03. The molecule has 1 aliphatic heterocycles. The molecule has 6 heteroatoms. The van der Waals surface area contributed by atoms with Gasteiger partial charge in [-0.2, -0.15) is 0 Å². The first kappa shape index (κ1) is 14.5. The Hall–Kier alpha value is -1.56. The topological polar surface area (TPSA) is 74.7 Å². The molecule has 0 aromatic heterocycles.